The first-order chi connectivity index (χ1) is 8.68. The van der Waals surface area contributed by atoms with Crippen LogP contribution in [-0.2, 0) is 9.53 Å². The van der Waals surface area contributed by atoms with Crippen LogP contribution >= 0.6 is 24.8 Å². The molecule has 2 heterocycles. The maximum atomic E-state index is 12.1. The molecule has 1 atom stereocenters. The van der Waals surface area contributed by atoms with Crippen molar-refractivity contribution in [2.75, 3.05) is 18.5 Å². The van der Waals surface area contributed by atoms with Crippen molar-refractivity contribution in [3.8, 4) is 0 Å². The molecule has 0 bridgehead atoms. The average Bonchev–Trinajstić information content (AvgIpc) is 2.41. The van der Waals surface area contributed by atoms with Gasteiger partial charge in [-0.25, -0.2) is 0 Å². The SMILES string of the molecule is Cc1ccncc1NC(=O)C(N)C1CCOCC1.Cl.Cl. The minimum atomic E-state index is -0.478. The fraction of sp³-hybridized carbons (Fsp3) is 0.538. The molecule has 0 spiro atoms. The Morgan fingerprint density at radius 2 is 2.10 bits per heavy atom. The molecule has 0 aromatic carbocycles. The molecule has 1 saturated heterocycles. The van der Waals surface area contributed by atoms with Gasteiger partial charge >= 0.3 is 0 Å². The first kappa shape index (κ1) is 19.1. The molecule has 1 fully saturated rings. The van der Waals surface area contributed by atoms with Crippen LogP contribution < -0.4 is 11.1 Å². The summed E-state index contributed by atoms with van der Waals surface area (Å²) in [6, 6.07) is 1.38. The molecule has 2 rings (SSSR count). The Labute approximate surface area is 131 Å². The van der Waals surface area contributed by atoms with Gasteiger partial charge in [0.2, 0.25) is 5.91 Å². The zero-order chi connectivity index (χ0) is 13.0. The molecule has 0 aliphatic carbocycles. The third-order valence-corrected chi connectivity index (χ3v) is 3.37. The third-order valence-electron chi connectivity index (χ3n) is 3.37. The van der Waals surface area contributed by atoms with Crippen molar-refractivity contribution in [3.63, 3.8) is 0 Å². The Balaban J connectivity index is 0.00000180. The van der Waals surface area contributed by atoms with Crippen molar-refractivity contribution in [1.29, 1.82) is 0 Å². The van der Waals surface area contributed by atoms with Crippen molar-refractivity contribution >= 4 is 36.4 Å². The molecule has 114 valence electrons. The molecule has 20 heavy (non-hydrogen) atoms. The van der Waals surface area contributed by atoms with E-state index in [0.717, 1.165) is 24.1 Å². The van der Waals surface area contributed by atoms with Gasteiger partial charge in [0.1, 0.15) is 0 Å². The Hall–Kier alpha value is -0.880. The molecule has 1 aromatic rings. The highest BCUT2D eigenvalue weighted by Gasteiger charge is 2.26. The lowest BCUT2D eigenvalue weighted by Crippen LogP contribution is -2.44. The van der Waals surface area contributed by atoms with Gasteiger partial charge in [-0.1, -0.05) is 0 Å². The number of hydrogen-bond acceptors (Lipinski definition) is 4. The van der Waals surface area contributed by atoms with Crippen molar-refractivity contribution < 1.29 is 9.53 Å². The average molecular weight is 322 g/mol. The molecule has 1 aliphatic rings. The fourth-order valence-corrected chi connectivity index (χ4v) is 2.10. The molecule has 1 aromatic heterocycles. The van der Waals surface area contributed by atoms with Gasteiger partial charge in [-0.2, -0.15) is 0 Å². The second-order valence-corrected chi connectivity index (χ2v) is 4.66. The second-order valence-electron chi connectivity index (χ2n) is 4.66. The van der Waals surface area contributed by atoms with E-state index in [9.17, 15) is 4.79 Å². The normalized spacial score (nSPS) is 16.5. The van der Waals surface area contributed by atoms with Gasteiger partial charge in [0.05, 0.1) is 17.9 Å². The number of carbonyl (C=O) groups is 1. The monoisotopic (exact) mass is 321 g/mol. The summed E-state index contributed by atoms with van der Waals surface area (Å²) in [6.07, 6.45) is 5.04. The Kier molecular flexibility index (Phi) is 8.73. The van der Waals surface area contributed by atoms with E-state index in [4.69, 9.17) is 10.5 Å². The maximum absolute atomic E-state index is 12.1. The van der Waals surface area contributed by atoms with Crippen molar-refractivity contribution in [2.45, 2.75) is 25.8 Å². The summed E-state index contributed by atoms with van der Waals surface area (Å²) >= 11 is 0. The van der Waals surface area contributed by atoms with E-state index in [0.29, 0.717) is 13.2 Å². The summed E-state index contributed by atoms with van der Waals surface area (Å²) in [5, 5.41) is 2.84. The number of nitrogens with zero attached hydrogens (tertiary/aromatic N) is 1. The number of nitrogens with one attached hydrogen (secondary N) is 1. The highest BCUT2D eigenvalue weighted by atomic mass is 35.5. The van der Waals surface area contributed by atoms with Crippen LogP contribution in [0.2, 0.25) is 0 Å². The standard InChI is InChI=1S/C13H19N3O2.2ClH/c1-9-2-5-15-8-11(9)16-13(17)12(14)10-3-6-18-7-4-10;;/h2,5,8,10,12H,3-4,6-7,14H2,1H3,(H,16,17);2*1H. The molecule has 0 saturated carbocycles. The minimum absolute atomic E-state index is 0. The summed E-state index contributed by atoms with van der Waals surface area (Å²) < 4.78 is 5.27. The first-order valence-electron chi connectivity index (χ1n) is 6.23. The number of carbonyl (C=O) groups excluding carboxylic acids is 1. The van der Waals surface area contributed by atoms with E-state index < -0.39 is 6.04 Å². The predicted octanol–water partition coefficient (Wildman–Crippen LogP) is 1.93. The number of ether oxygens (including phenoxy) is 1. The summed E-state index contributed by atoms with van der Waals surface area (Å²) in [7, 11) is 0. The Bertz CT molecular complexity index is 426. The zero-order valence-corrected chi connectivity index (χ0v) is 13.0. The molecule has 1 aliphatic heterocycles. The highest BCUT2D eigenvalue weighted by molar-refractivity contribution is 5.95. The van der Waals surface area contributed by atoms with Crippen LogP contribution in [0, 0.1) is 12.8 Å². The number of aryl methyl sites for hydroxylation is 1. The highest BCUT2D eigenvalue weighted by Crippen LogP contribution is 2.19. The summed E-state index contributed by atoms with van der Waals surface area (Å²) in [4.78, 5) is 16.1. The van der Waals surface area contributed by atoms with Gasteiger partial charge in [-0.05, 0) is 37.3 Å². The molecule has 0 radical (unpaired) electrons. The number of rotatable bonds is 3. The van der Waals surface area contributed by atoms with Gasteiger partial charge in [-0.15, -0.1) is 24.8 Å². The Morgan fingerprint density at radius 3 is 2.70 bits per heavy atom. The number of hydrogen-bond donors (Lipinski definition) is 2. The lowest BCUT2D eigenvalue weighted by molar-refractivity contribution is -0.119. The van der Waals surface area contributed by atoms with Crippen LogP contribution in [0.15, 0.2) is 18.5 Å². The first-order valence-corrected chi connectivity index (χ1v) is 6.23. The van der Waals surface area contributed by atoms with E-state index >= 15 is 0 Å². The van der Waals surface area contributed by atoms with Gasteiger partial charge in [0, 0.05) is 19.4 Å². The molecule has 7 heteroatoms. The van der Waals surface area contributed by atoms with Gasteiger partial charge < -0.3 is 15.8 Å². The van der Waals surface area contributed by atoms with E-state index in [1.807, 2.05) is 13.0 Å². The van der Waals surface area contributed by atoms with E-state index in [2.05, 4.69) is 10.3 Å². The van der Waals surface area contributed by atoms with Crippen LogP contribution in [0.4, 0.5) is 5.69 Å². The molecular weight excluding hydrogens is 301 g/mol. The maximum Gasteiger partial charge on any atom is 0.241 e. The molecular formula is C13H21Cl2N3O2. The number of aromatic nitrogens is 1. The number of anilines is 1. The van der Waals surface area contributed by atoms with E-state index in [-0.39, 0.29) is 36.6 Å². The smallest absolute Gasteiger partial charge is 0.241 e. The van der Waals surface area contributed by atoms with E-state index in [1.54, 1.807) is 12.4 Å². The number of halogens is 2. The van der Waals surface area contributed by atoms with E-state index in [1.165, 1.54) is 0 Å². The predicted molar refractivity (Wildman–Crippen MR) is 83.6 cm³/mol. The molecule has 5 nitrogen and oxygen atoms in total. The molecule has 3 N–H and O–H groups in total. The van der Waals surface area contributed by atoms with Crippen LogP contribution in [0.1, 0.15) is 18.4 Å². The molecule has 1 unspecified atom stereocenters. The lowest BCUT2D eigenvalue weighted by atomic mass is 9.92. The number of nitrogens with two attached hydrogens (primary N) is 1. The topological polar surface area (TPSA) is 77.2 Å². The number of amides is 1. The summed E-state index contributed by atoms with van der Waals surface area (Å²) in [5.41, 5.74) is 7.71. The van der Waals surface area contributed by atoms with Gasteiger partial charge in [0.15, 0.2) is 0 Å². The lowest BCUT2D eigenvalue weighted by Gasteiger charge is -2.26. The molecule has 1 amide bonds. The van der Waals surface area contributed by atoms with Crippen molar-refractivity contribution in [2.24, 2.45) is 11.7 Å². The van der Waals surface area contributed by atoms with Crippen LogP contribution in [-0.4, -0.2) is 30.1 Å². The van der Waals surface area contributed by atoms with Crippen LogP contribution in [0.25, 0.3) is 0 Å². The van der Waals surface area contributed by atoms with Crippen LogP contribution in [0.5, 0.6) is 0 Å². The van der Waals surface area contributed by atoms with Crippen LogP contribution in [0.3, 0.4) is 0 Å². The summed E-state index contributed by atoms with van der Waals surface area (Å²) in [6.45, 7) is 3.31. The fourth-order valence-electron chi connectivity index (χ4n) is 2.10. The quantitative estimate of drug-likeness (QED) is 0.891. The summed E-state index contributed by atoms with van der Waals surface area (Å²) in [5.74, 6) is 0.0636. The van der Waals surface area contributed by atoms with Gasteiger partial charge in [0.25, 0.3) is 0 Å². The largest absolute Gasteiger partial charge is 0.381 e. The van der Waals surface area contributed by atoms with Crippen molar-refractivity contribution in [1.82, 2.24) is 4.98 Å². The number of pyridine rings is 1. The van der Waals surface area contributed by atoms with Gasteiger partial charge in [-0.3, -0.25) is 9.78 Å². The third kappa shape index (κ3) is 4.90. The van der Waals surface area contributed by atoms with Crippen molar-refractivity contribution in [3.05, 3.63) is 24.0 Å². The minimum Gasteiger partial charge on any atom is -0.381 e. The second kappa shape index (κ2) is 9.13. The zero-order valence-electron chi connectivity index (χ0n) is 11.4. The Morgan fingerprint density at radius 1 is 1.45 bits per heavy atom.